The molecular formula is C22H22Cl2N2O. The number of likely N-dealkylation sites (tertiary alicyclic amines) is 1. The fourth-order valence-electron chi connectivity index (χ4n) is 3.67. The van der Waals surface area contributed by atoms with Crippen molar-refractivity contribution in [2.45, 2.75) is 25.8 Å². The summed E-state index contributed by atoms with van der Waals surface area (Å²) in [6.07, 6.45) is 5.29. The second-order valence-corrected chi connectivity index (χ2v) is 8.02. The van der Waals surface area contributed by atoms with Gasteiger partial charge in [0, 0.05) is 11.6 Å². The Morgan fingerprint density at radius 2 is 1.74 bits per heavy atom. The molecule has 0 atom stereocenters. The molecule has 4 rings (SSSR count). The molecule has 3 nitrogen and oxygen atoms in total. The highest BCUT2D eigenvalue weighted by Crippen LogP contribution is 2.28. The Hall–Kier alpha value is -1.81. The molecule has 0 spiro atoms. The lowest BCUT2D eigenvalue weighted by Gasteiger charge is -2.31. The molecule has 0 saturated carbocycles. The van der Waals surface area contributed by atoms with E-state index in [1.807, 2.05) is 36.4 Å². The van der Waals surface area contributed by atoms with Crippen LogP contribution in [0.3, 0.4) is 0 Å². The van der Waals surface area contributed by atoms with E-state index in [1.54, 1.807) is 6.26 Å². The van der Waals surface area contributed by atoms with E-state index in [0.29, 0.717) is 10.9 Å². The number of piperidine rings is 1. The molecule has 0 amide bonds. The smallest absolute Gasteiger partial charge is 0.227 e. The first-order chi connectivity index (χ1) is 13.2. The first kappa shape index (κ1) is 18.5. The molecule has 2 aromatic carbocycles. The van der Waals surface area contributed by atoms with Crippen LogP contribution in [0, 0.1) is 5.92 Å². The van der Waals surface area contributed by atoms with Crippen molar-refractivity contribution >= 4 is 23.2 Å². The lowest BCUT2D eigenvalue weighted by molar-refractivity contribution is 0.175. The van der Waals surface area contributed by atoms with Crippen molar-refractivity contribution in [1.29, 1.82) is 0 Å². The highest BCUT2D eigenvalue weighted by molar-refractivity contribution is 6.33. The average molecular weight is 401 g/mol. The van der Waals surface area contributed by atoms with Gasteiger partial charge in [0.25, 0.3) is 0 Å². The van der Waals surface area contributed by atoms with Gasteiger partial charge < -0.3 is 4.42 Å². The standard InChI is InChI=1S/C22H22Cl2N2O/c23-18-7-5-16(6-8-18)13-17-9-11-26(12-10-17)14-19-15-27-22(25-19)20-3-1-2-4-21(20)24/h1-8,15,17H,9-14H2. The number of oxazole rings is 1. The van der Waals surface area contributed by atoms with Crippen LogP contribution in [0.1, 0.15) is 24.1 Å². The summed E-state index contributed by atoms with van der Waals surface area (Å²) in [7, 11) is 0. The minimum absolute atomic E-state index is 0.591. The van der Waals surface area contributed by atoms with Crippen LogP contribution in [0.5, 0.6) is 0 Å². The molecule has 1 aliphatic heterocycles. The summed E-state index contributed by atoms with van der Waals surface area (Å²) in [5, 5.41) is 1.46. The predicted molar refractivity (Wildman–Crippen MR) is 110 cm³/mol. The molecule has 0 N–H and O–H groups in total. The number of hydrogen-bond donors (Lipinski definition) is 0. The molecule has 1 aromatic heterocycles. The zero-order valence-corrected chi connectivity index (χ0v) is 16.6. The van der Waals surface area contributed by atoms with E-state index < -0.39 is 0 Å². The van der Waals surface area contributed by atoms with Crippen molar-refractivity contribution in [3.05, 3.63) is 76.1 Å². The summed E-state index contributed by atoms with van der Waals surface area (Å²) in [6.45, 7) is 3.00. The third-order valence-electron chi connectivity index (χ3n) is 5.19. The zero-order valence-electron chi connectivity index (χ0n) is 15.1. The van der Waals surface area contributed by atoms with E-state index in [9.17, 15) is 0 Å². The first-order valence-electron chi connectivity index (χ1n) is 9.33. The van der Waals surface area contributed by atoms with E-state index in [4.69, 9.17) is 27.6 Å². The van der Waals surface area contributed by atoms with Crippen LogP contribution >= 0.6 is 23.2 Å². The number of rotatable bonds is 5. The predicted octanol–water partition coefficient (Wildman–Crippen LogP) is 6.10. The van der Waals surface area contributed by atoms with Crippen molar-refractivity contribution in [1.82, 2.24) is 9.88 Å². The normalized spacial score (nSPS) is 15.9. The van der Waals surface area contributed by atoms with E-state index >= 15 is 0 Å². The van der Waals surface area contributed by atoms with Gasteiger partial charge in [0.15, 0.2) is 0 Å². The van der Waals surface area contributed by atoms with Gasteiger partial charge in [-0.3, -0.25) is 4.90 Å². The maximum absolute atomic E-state index is 6.23. The molecule has 5 heteroatoms. The van der Waals surface area contributed by atoms with Crippen LogP contribution in [0.15, 0.2) is 59.2 Å². The Kier molecular flexibility index (Phi) is 5.82. The molecule has 0 aliphatic carbocycles. The Balaban J connectivity index is 1.31. The third-order valence-corrected chi connectivity index (χ3v) is 5.77. The number of hydrogen-bond acceptors (Lipinski definition) is 3. The maximum atomic E-state index is 6.23. The molecule has 1 saturated heterocycles. The summed E-state index contributed by atoms with van der Waals surface area (Å²) in [6, 6.07) is 15.9. The van der Waals surface area contributed by atoms with Gasteiger partial charge in [-0.1, -0.05) is 47.5 Å². The zero-order chi connectivity index (χ0) is 18.6. The first-order valence-corrected chi connectivity index (χ1v) is 10.1. The van der Waals surface area contributed by atoms with Gasteiger partial charge in [0.1, 0.15) is 6.26 Å². The van der Waals surface area contributed by atoms with Gasteiger partial charge in [0.2, 0.25) is 5.89 Å². The molecule has 2 heterocycles. The van der Waals surface area contributed by atoms with E-state index in [2.05, 4.69) is 22.0 Å². The Labute approximate surface area is 169 Å². The number of nitrogens with zero attached hydrogens (tertiary/aromatic N) is 2. The Morgan fingerprint density at radius 1 is 1.00 bits per heavy atom. The van der Waals surface area contributed by atoms with Gasteiger partial charge in [0.05, 0.1) is 16.3 Å². The molecule has 0 bridgehead atoms. The highest BCUT2D eigenvalue weighted by Gasteiger charge is 2.21. The number of aromatic nitrogens is 1. The van der Waals surface area contributed by atoms with Crippen molar-refractivity contribution < 1.29 is 4.42 Å². The average Bonchev–Trinajstić information content (AvgIpc) is 3.14. The van der Waals surface area contributed by atoms with E-state index in [0.717, 1.165) is 48.3 Å². The lowest BCUT2D eigenvalue weighted by atomic mass is 9.90. The topological polar surface area (TPSA) is 29.3 Å². The maximum Gasteiger partial charge on any atom is 0.227 e. The fourth-order valence-corrected chi connectivity index (χ4v) is 4.01. The van der Waals surface area contributed by atoms with Gasteiger partial charge in [-0.25, -0.2) is 4.98 Å². The molecule has 3 aromatic rings. The summed E-state index contributed by atoms with van der Waals surface area (Å²) >= 11 is 12.2. The van der Waals surface area contributed by atoms with Crippen LogP contribution in [-0.4, -0.2) is 23.0 Å². The second kappa shape index (κ2) is 8.47. The molecule has 1 aliphatic rings. The minimum Gasteiger partial charge on any atom is -0.444 e. The molecule has 140 valence electrons. The van der Waals surface area contributed by atoms with Crippen LogP contribution in [0.2, 0.25) is 10.0 Å². The Morgan fingerprint density at radius 3 is 2.48 bits per heavy atom. The van der Waals surface area contributed by atoms with Crippen LogP contribution in [-0.2, 0) is 13.0 Å². The van der Waals surface area contributed by atoms with E-state index in [-0.39, 0.29) is 0 Å². The van der Waals surface area contributed by atoms with Gasteiger partial charge >= 0.3 is 0 Å². The van der Waals surface area contributed by atoms with Crippen LogP contribution < -0.4 is 0 Å². The van der Waals surface area contributed by atoms with Crippen LogP contribution in [0.4, 0.5) is 0 Å². The van der Waals surface area contributed by atoms with Gasteiger partial charge in [-0.15, -0.1) is 0 Å². The fraction of sp³-hybridized carbons (Fsp3) is 0.318. The molecule has 1 fully saturated rings. The molecule has 27 heavy (non-hydrogen) atoms. The SMILES string of the molecule is Clc1ccc(CC2CCN(Cc3coc(-c4ccccc4Cl)n3)CC2)cc1. The van der Waals surface area contributed by atoms with Crippen molar-refractivity contribution in [2.75, 3.05) is 13.1 Å². The monoisotopic (exact) mass is 400 g/mol. The van der Waals surface area contributed by atoms with E-state index in [1.165, 1.54) is 18.4 Å². The second-order valence-electron chi connectivity index (χ2n) is 7.17. The summed E-state index contributed by atoms with van der Waals surface area (Å²) in [5.74, 6) is 1.33. The van der Waals surface area contributed by atoms with Gasteiger partial charge in [-0.05, 0) is 68.1 Å². The molecule has 0 radical (unpaired) electrons. The molecule has 0 unspecified atom stereocenters. The number of halogens is 2. The summed E-state index contributed by atoms with van der Waals surface area (Å²) in [4.78, 5) is 7.08. The van der Waals surface area contributed by atoms with Gasteiger partial charge in [-0.2, -0.15) is 0 Å². The third kappa shape index (κ3) is 4.73. The van der Waals surface area contributed by atoms with Crippen molar-refractivity contribution in [3.63, 3.8) is 0 Å². The number of benzene rings is 2. The largest absolute Gasteiger partial charge is 0.444 e. The minimum atomic E-state index is 0.591. The molecular weight excluding hydrogens is 379 g/mol. The lowest BCUT2D eigenvalue weighted by Crippen LogP contribution is -2.33. The van der Waals surface area contributed by atoms with Crippen molar-refractivity contribution in [2.24, 2.45) is 5.92 Å². The summed E-state index contributed by atoms with van der Waals surface area (Å²) in [5.41, 5.74) is 3.17. The van der Waals surface area contributed by atoms with Crippen LogP contribution in [0.25, 0.3) is 11.5 Å². The van der Waals surface area contributed by atoms with Crippen molar-refractivity contribution in [3.8, 4) is 11.5 Å². The highest BCUT2D eigenvalue weighted by atomic mass is 35.5. The summed E-state index contributed by atoms with van der Waals surface area (Å²) < 4.78 is 5.65. The Bertz CT molecular complexity index is 883. The quantitative estimate of drug-likeness (QED) is 0.517.